The zero-order valence-electron chi connectivity index (χ0n) is 15.1. The van der Waals surface area contributed by atoms with E-state index in [9.17, 15) is 9.59 Å². The molecule has 0 heterocycles. The Morgan fingerprint density at radius 1 is 0.929 bits per heavy atom. The van der Waals surface area contributed by atoms with E-state index in [-0.39, 0.29) is 11.7 Å². The summed E-state index contributed by atoms with van der Waals surface area (Å²) in [4.78, 5) is 25.2. The Hall–Kier alpha value is -3.17. The van der Waals surface area contributed by atoms with Crippen molar-refractivity contribution in [2.75, 3.05) is 5.32 Å². The maximum atomic E-state index is 12.8. The molecule has 1 aliphatic carbocycles. The lowest BCUT2D eigenvalue weighted by molar-refractivity contribution is 0.101. The summed E-state index contributed by atoms with van der Waals surface area (Å²) in [5, 5.41) is 3.27. The number of benzene rings is 3. The number of halogens is 1. The summed E-state index contributed by atoms with van der Waals surface area (Å²) >= 11 is 6.09. The first-order chi connectivity index (χ1) is 13.6. The molecule has 4 rings (SSSR count). The largest absolute Gasteiger partial charge is 0.322 e. The minimum Gasteiger partial charge on any atom is -0.322 e. The molecule has 0 saturated carbocycles. The average molecular weight is 388 g/mol. The highest BCUT2D eigenvalue weighted by Crippen LogP contribution is 2.27. The van der Waals surface area contributed by atoms with Gasteiger partial charge in [0, 0.05) is 16.8 Å². The Kier molecular flexibility index (Phi) is 5.09. The summed E-state index contributed by atoms with van der Waals surface area (Å²) in [6.45, 7) is 0. The van der Waals surface area contributed by atoms with Crippen molar-refractivity contribution >= 4 is 35.1 Å². The van der Waals surface area contributed by atoms with E-state index in [2.05, 4.69) is 5.32 Å². The second kappa shape index (κ2) is 7.83. The summed E-state index contributed by atoms with van der Waals surface area (Å²) in [5.41, 5.74) is 4.62. The van der Waals surface area contributed by atoms with Crippen LogP contribution >= 0.6 is 11.6 Å². The van der Waals surface area contributed by atoms with Gasteiger partial charge in [0.1, 0.15) is 0 Å². The van der Waals surface area contributed by atoms with E-state index >= 15 is 0 Å². The molecule has 0 atom stereocenters. The number of carbonyl (C=O) groups is 2. The first-order valence-corrected chi connectivity index (χ1v) is 9.49. The molecule has 0 aliphatic heterocycles. The van der Waals surface area contributed by atoms with Crippen LogP contribution in [-0.4, -0.2) is 11.7 Å². The van der Waals surface area contributed by atoms with Gasteiger partial charge in [0.15, 0.2) is 5.78 Å². The molecular weight excluding hydrogens is 370 g/mol. The highest BCUT2D eigenvalue weighted by atomic mass is 35.5. The van der Waals surface area contributed by atoms with Crippen LogP contribution in [0.4, 0.5) is 5.69 Å². The van der Waals surface area contributed by atoms with Crippen LogP contribution in [0.2, 0.25) is 5.02 Å². The standard InChI is InChI=1S/C24H18ClNO2/c25-22-11-4-3-10-21(22)24(28)26-19-8-5-6-16(15-19)14-18-13-12-17-7-1-2-9-20(17)23(18)27/h1-11,14-15H,12-13H2,(H,26,28)/b18-14+. The zero-order valence-corrected chi connectivity index (χ0v) is 15.9. The fraction of sp³-hybridized carbons (Fsp3) is 0.0833. The molecule has 28 heavy (non-hydrogen) atoms. The third-order valence-corrected chi connectivity index (χ3v) is 5.15. The molecule has 0 bridgehead atoms. The number of allylic oxidation sites excluding steroid dienone is 1. The number of anilines is 1. The van der Waals surface area contributed by atoms with Crippen LogP contribution in [0, 0.1) is 0 Å². The summed E-state index contributed by atoms with van der Waals surface area (Å²) in [5.74, 6) is -0.189. The Bertz CT molecular complexity index is 1100. The summed E-state index contributed by atoms with van der Waals surface area (Å²) in [6, 6.07) is 22.1. The number of amides is 1. The summed E-state index contributed by atoms with van der Waals surface area (Å²) in [6.07, 6.45) is 3.48. The molecular formula is C24H18ClNO2. The molecule has 1 aliphatic rings. The molecule has 3 aromatic carbocycles. The van der Waals surface area contributed by atoms with Crippen molar-refractivity contribution in [3.8, 4) is 0 Å². The van der Waals surface area contributed by atoms with Gasteiger partial charge in [0.2, 0.25) is 0 Å². The van der Waals surface area contributed by atoms with Crippen molar-refractivity contribution in [3.63, 3.8) is 0 Å². The van der Waals surface area contributed by atoms with Gasteiger partial charge in [-0.1, -0.05) is 60.1 Å². The van der Waals surface area contributed by atoms with E-state index in [4.69, 9.17) is 11.6 Å². The van der Waals surface area contributed by atoms with E-state index in [0.29, 0.717) is 22.7 Å². The molecule has 138 valence electrons. The third-order valence-electron chi connectivity index (χ3n) is 4.82. The van der Waals surface area contributed by atoms with Crippen LogP contribution in [0.25, 0.3) is 6.08 Å². The molecule has 1 N–H and O–H groups in total. The highest BCUT2D eigenvalue weighted by molar-refractivity contribution is 6.34. The maximum absolute atomic E-state index is 12.8. The van der Waals surface area contributed by atoms with E-state index < -0.39 is 0 Å². The van der Waals surface area contributed by atoms with Gasteiger partial charge in [0.25, 0.3) is 5.91 Å². The first-order valence-electron chi connectivity index (χ1n) is 9.11. The molecule has 4 heteroatoms. The number of nitrogens with one attached hydrogen (secondary N) is 1. The SMILES string of the molecule is O=C(Nc1cccc(/C=C2\CCc3ccccc3C2=O)c1)c1ccccc1Cl. The number of aryl methyl sites for hydroxylation is 1. The smallest absolute Gasteiger partial charge is 0.257 e. The average Bonchev–Trinajstić information content (AvgIpc) is 2.71. The molecule has 3 aromatic rings. The summed E-state index contributed by atoms with van der Waals surface area (Å²) in [7, 11) is 0. The van der Waals surface area contributed by atoms with Crippen molar-refractivity contribution < 1.29 is 9.59 Å². The third kappa shape index (κ3) is 3.75. The number of hydrogen-bond donors (Lipinski definition) is 1. The molecule has 0 saturated heterocycles. The molecule has 0 radical (unpaired) electrons. The normalized spacial score (nSPS) is 14.6. The van der Waals surface area contributed by atoms with Crippen LogP contribution in [-0.2, 0) is 6.42 Å². The van der Waals surface area contributed by atoms with Gasteiger partial charge in [-0.2, -0.15) is 0 Å². The van der Waals surface area contributed by atoms with E-state index in [1.54, 1.807) is 24.3 Å². The summed E-state index contributed by atoms with van der Waals surface area (Å²) < 4.78 is 0. The van der Waals surface area contributed by atoms with Gasteiger partial charge in [-0.25, -0.2) is 0 Å². The van der Waals surface area contributed by atoms with Crippen molar-refractivity contribution in [3.05, 3.63) is 106 Å². The Morgan fingerprint density at radius 2 is 1.71 bits per heavy atom. The van der Waals surface area contributed by atoms with E-state index in [0.717, 1.165) is 28.7 Å². The number of rotatable bonds is 3. The zero-order chi connectivity index (χ0) is 19.5. The van der Waals surface area contributed by atoms with Crippen LogP contribution < -0.4 is 5.32 Å². The van der Waals surface area contributed by atoms with Gasteiger partial charge in [-0.15, -0.1) is 0 Å². The second-order valence-corrected chi connectivity index (χ2v) is 7.12. The predicted molar refractivity (Wildman–Crippen MR) is 113 cm³/mol. The van der Waals surface area contributed by atoms with Gasteiger partial charge in [-0.3, -0.25) is 9.59 Å². The Balaban J connectivity index is 1.56. The van der Waals surface area contributed by atoms with Crippen molar-refractivity contribution in [2.24, 2.45) is 0 Å². The minimum atomic E-state index is -0.266. The molecule has 0 aromatic heterocycles. The predicted octanol–water partition coefficient (Wildman–Crippen LogP) is 5.80. The van der Waals surface area contributed by atoms with Crippen molar-refractivity contribution in [1.82, 2.24) is 0 Å². The van der Waals surface area contributed by atoms with Crippen LogP contribution in [0.3, 0.4) is 0 Å². The first kappa shape index (κ1) is 18.2. The van der Waals surface area contributed by atoms with E-state index in [1.807, 2.05) is 54.6 Å². The van der Waals surface area contributed by atoms with Gasteiger partial charge < -0.3 is 5.32 Å². The number of hydrogen-bond acceptors (Lipinski definition) is 2. The van der Waals surface area contributed by atoms with Crippen LogP contribution in [0.15, 0.2) is 78.4 Å². The molecule has 0 spiro atoms. The van der Waals surface area contributed by atoms with Crippen molar-refractivity contribution in [2.45, 2.75) is 12.8 Å². The second-order valence-electron chi connectivity index (χ2n) is 6.72. The quantitative estimate of drug-likeness (QED) is 0.577. The molecule has 3 nitrogen and oxygen atoms in total. The van der Waals surface area contributed by atoms with Gasteiger partial charge in [-0.05, 0) is 54.3 Å². The van der Waals surface area contributed by atoms with E-state index in [1.165, 1.54) is 0 Å². The Morgan fingerprint density at radius 3 is 2.57 bits per heavy atom. The lowest BCUT2D eigenvalue weighted by Crippen LogP contribution is -2.14. The topological polar surface area (TPSA) is 46.2 Å². The fourth-order valence-electron chi connectivity index (χ4n) is 3.40. The highest BCUT2D eigenvalue weighted by Gasteiger charge is 2.21. The molecule has 0 fully saturated rings. The number of Topliss-reactive ketones (excluding diaryl/α,β-unsaturated/α-hetero) is 1. The van der Waals surface area contributed by atoms with Crippen LogP contribution in [0.1, 0.15) is 38.3 Å². The lowest BCUT2D eigenvalue weighted by Gasteiger charge is -2.17. The van der Waals surface area contributed by atoms with Gasteiger partial charge in [0.05, 0.1) is 10.6 Å². The number of carbonyl (C=O) groups excluding carboxylic acids is 2. The monoisotopic (exact) mass is 387 g/mol. The van der Waals surface area contributed by atoms with Crippen LogP contribution in [0.5, 0.6) is 0 Å². The number of ketones is 1. The molecule has 1 amide bonds. The minimum absolute atomic E-state index is 0.0763. The Labute approximate surface area is 168 Å². The lowest BCUT2D eigenvalue weighted by atomic mass is 9.86. The van der Waals surface area contributed by atoms with Gasteiger partial charge >= 0.3 is 0 Å². The fourth-order valence-corrected chi connectivity index (χ4v) is 3.63. The number of fused-ring (bicyclic) bond motifs is 1. The molecule has 0 unspecified atom stereocenters. The maximum Gasteiger partial charge on any atom is 0.257 e. The van der Waals surface area contributed by atoms with Crippen molar-refractivity contribution in [1.29, 1.82) is 0 Å².